The summed E-state index contributed by atoms with van der Waals surface area (Å²) in [5, 5.41) is 16.1. The number of benzene rings is 1. The van der Waals surface area contributed by atoms with Crippen LogP contribution >= 0.6 is 11.8 Å². The third-order valence-corrected chi connectivity index (χ3v) is 5.80. The monoisotopic (exact) mass is 412 g/mol. The zero-order valence-electron chi connectivity index (χ0n) is 16.4. The lowest BCUT2D eigenvalue weighted by molar-refractivity contribution is -0.127. The average Bonchev–Trinajstić information content (AvgIpc) is 3.32. The van der Waals surface area contributed by atoms with Gasteiger partial charge in [-0.2, -0.15) is 0 Å². The largest absolute Gasteiger partial charge is 0.360 e. The Labute approximate surface area is 172 Å². The highest BCUT2D eigenvalue weighted by Crippen LogP contribution is 2.42. The maximum absolute atomic E-state index is 12.3. The second-order valence-corrected chi connectivity index (χ2v) is 8.07. The number of rotatable bonds is 8. The fourth-order valence-electron chi connectivity index (χ4n) is 3.28. The number of nitrogens with zero attached hydrogens (tertiary/aromatic N) is 3. The Hall–Kier alpha value is -2.81. The van der Waals surface area contributed by atoms with Gasteiger partial charge in [0.05, 0.1) is 5.75 Å². The van der Waals surface area contributed by atoms with Crippen LogP contribution in [0.5, 0.6) is 0 Å². The van der Waals surface area contributed by atoms with Crippen LogP contribution in [-0.2, 0) is 9.59 Å². The van der Waals surface area contributed by atoms with Crippen molar-refractivity contribution in [2.45, 2.75) is 43.9 Å². The van der Waals surface area contributed by atoms with Crippen molar-refractivity contribution >= 4 is 34.5 Å². The Morgan fingerprint density at radius 1 is 1.31 bits per heavy atom. The second kappa shape index (κ2) is 8.28. The van der Waals surface area contributed by atoms with E-state index >= 15 is 0 Å². The normalized spacial score (nSPS) is 14.7. The summed E-state index contributed by atoms with van der Waals surface area (Å²) in [6, 6.07) is 7.91. The molecule has 0 radical (unpaired) electrons. The first kappa shape index (κ1) is 19.5. The van der Waals surface area contributed by atoms with E-state index in [9.17, 15) is 9.59 Å². The molecule has 0 aliphatic heterocycles. The van der Waals surface area contributed by atoms with Crippen molar-refractivity contribution in [3.05, 3.63) is 30.5 Å². The van der Waals surface area contributed by atoms with Crippen LogP contribution in [0.25, 0.3) is 22.3 Å². The highest BCUT2D eigenvalue weighted by molar-refractivity contribution is 7.99. The molecular formula is C20H24N6O2S. The zero-order chi connectivity index (χ0) is 20.4. The highest BCUT2D eigenvalue weighted by atomic mass is 32.2. The number of aromatic amines is 1. The van der Waals surface area contributed by atoms with Gasteiger partial charge < -0.3 is 15.6 Å². The summed E-state index contributed by atoms with van der Waals surface area (Å²) in [5.74, 6) is 0.618. The fraction of sp³-hybridized carbons (Fsp3) is 0.400. The zero-order valence-corrected chi connectivity index (χ0v) is 17.3. The minimum absolute atomic E-state index is 0.183. The minimum atomic E-state index is -0.564. The molecule has 9 heteroatoms. The quantitative estimate of drug-likeness (QED) is 0.493. The van der Waals surface area contributed by atoms with Gasteiger partial charge in [-0.1, -0.05) is 30.0 Å². The molecule has 1 aliphatic carbocycles. The molecule has 4 rings (SSSR count). The van der Waals surface area contributed by atoms with Crippen LogP contribution in [0.4, 0.5) is 0 Å². The lowest BCUT2D eigenvalue weighted by atomic mass is 10.1. The Balaban J connectivity index is 1.49. The van der Waals surface area contributed by atoms with Crippen LogP contribution in [-0.4, -0.2) is 49.9 Å². The topological polar surface area (TPSA) is 105 Å². The lowest BCUT2D eigenvalue weighted by Gasteiger charge is -2.13. The molecule has 1 saturated carbocycles. The summed E-state index contributed by atoms with van der Waals surface area (Å²) < 4.78 is 2.14. The molecule has 2 aromatic heterocycles. The van der Waals surface area contributed by atoms with Gasteiger partial charge in [-0.15, -0.1) is 10.2 Å². The first-order valence-corrected chi connectivity index (χ1v) is 10.8. The van der Waals surface area contributed by atoms with Crippen molar-refractivity contribution in [2.24, 2.45) is 0 Å². The maximum Gasteiger partial charge on any atom is 0.242 e. The van der Waals surface area contributed by atoms with E-state index in [0.29, 0.717) is 12.6 Å². The predicted molar refractivity (Wildman–Crippen MR) is 113 cm³/mol. The minimum Gasteiger partial charge on any atom is -0.360 e. The smallest absolute Gasteiger partial charge is 0.242 e. The van der Waals surface area contributed by atoms with Gasteiger partial charge in [-0.05, 0) is 32.8 Å². The number of hydrogen-bond acceptors (Lipinski definition) is 5. The summed E-state index contributed by atoms with van der Waals surface area (Å²) in [7, 11) is 0. The molecule has 0 spiro atoms. The first-order chi connectivity index (χ1) is 14.1. The molecule has 0 bridgehead atoms. The number of nitrogens with one attached hydrogen (secondary N) is 3. The number of hydrogen-bond donors (Lipinski definition) is 3. The van der Waals surface area contributed by atoms with Gasteiger partial charge >= 0.3 is 0 Å². The number of H-pyrrole nitrogens is 1. The van der Waals surface area contributed by atoms with Crippen molar-refractivity contribution in [2.75, 3.05) is 12.3 Å². The van der Waals surface area contributed by atoms with Crippen LogP contribution in [0.2, 0.25) is 0 Å². The molecular weight excluding hydrogens is 388 g/mol. The van der Waals surface area contributed by atoms with E-state index in [2.05, 4.69) is 36.4 Å². The van der Waals surface area contributed by atoms with Crippen molar-refractivity contribution in [1.29, 1.82) is 0 Å². The molecule has 2 amide bonds. The van der Waals surface area contributed by atoms with Crippen LogP contribution < -0.4 is 10.6 Å². The van der Waals surface area contributed by atoms with E-state index in [1.807, 2.05) is 31.3 Å². The molecule has 152 valence electrons. The molecule has 8 nitrogen and oxygen atoms in total. The molecule has 1 aliphatic rings. The van der Waals surface area contributed by atoms with E-state index in [-0.39, 0.29) is 17.6 Å². The van der Waals surface area contributed by atoms with Crippen LogP contribution in [0.15, 0.2) is 35.6 Å². The first-order valence-electron chi connectivity index (χ1n) is 9.79. The highest BCUT2D eigenvalue weighted by Gasteiger charge is 2.31. The van der Waals surface area contributed by atoms with E-state index in [1.165, 1.54) is 11.8 Å². The van der Waals surface area contributed by atoms with Crippen molar-refractivity contribution in [1.82, 2.24) is 30.4 Å². The SMILES string of the molecule is CCNC(=O)[C@@H](C)NC(=O)CSc1nnc(-c2c[nH]c3ccccc23)n1C1CC1. The summed E-state index contributed by atoms with van der Waals surface area (Å²) in [6.45, 7) is 4.06. The molecule has 0 saturated heterocycles. The van der Waals surface area contributed by atoms with Crippen molar-refractivity contribution in [3.8, 4) is 11.4 Å². The summed E-state index contributed by atoms with van der Waals surface area (Å²) >= 11 is 1.35. The van der Waals surface area contributed by atoms with Gasteiger partial charge in [-0.25, -0.2) is 0 Å². The second-order valence-electron chi connectivity index (χ2n) is 7.13. The number of likely N-dealkylation sites (N-methyl/N-ethyl adjacent to an activating group) is 1. The fourth-order valence-corrected chi connectivity index (χ4v) is 4.10. The Bertz CT molecular complexity index is 1040. The van der Waals surface area contributed by atoms with E-state index in [1.54, 1.807) is 6.92 Å². The summed E-state index contributed by atoms with van der Waals surface area (Å²) in [5.41, 5.74) is 2.07. The Kier molecular flexibility index (Phi) is 5.57. The maximum atomic E-state index is 12.3. The van der Waals surface area contributed by atoms with Crippen LogP contribution in [0, 0.1) is 0 Å². The molecule has 2 heterocycles. The Morgan fingerprint density at radius 2 is 2.10 bits per heavy atom. The van der Waals surface area contributed by atoms with Gasteiger partial charge in [0.1, 0.15) is 6.04 Å². The third-order valence-electron chi connectivity index (χ3n) is 4.86. The van der Waals surface area contributed by atoms with Gasteiger partial charge in [0.25, 0.3) is 0 Å². The lowest BCUT2D eigenvalue weighted by Crippen LogP contribution is -2.45. The molecule has 0 unspecified atom stereocenters. The number of carbonyl (C=O) groups is 2. The molecule has 29 heavy (non-hydrogen) atoms. The molecule has 3 aromatic rings. The number of fused-ring (bicyclic) bond motifs is 1. The van der Waals surface area contributed by atoms with Gasteiger partial charge in [0, 0.05) is 35.2 Å². The number of thioether (sulfide) groups is 1. The van der Waals surface area contributed by atoms with Crippen LogP contribution in [0.3, 0.4) is 0 Å². The molecule has 1 fully saturated rings. The third kappa shape index (κ3) is 4.14. The number of aromatic nitrogens is 4. The summed E-state index contributed by atoms with van der Waals surface area (Å²) in [4.78, 5) is 27.3. The number of carbonyl (C=O) groups excluding carboxylic acids is 2. The standard InChI is InChI=1S/C20H24N6O2S/c1-3-21-19(28)12(2)23-17(27)11-29-20-25-24-18(26(20)13-8-9-13)15-10-22-16-7-5-4-6-14(15)16/h4-7,10,12-13,22H,3,8-9,11H2,1-2H3,(H,21,28)(H,23,27)/t12-/m1/s1. The van der Waals surface area contributed by atoms with E-state index < -0.39 is 6.04 Å². The number of para-hydroxylation sites is 1. The molecule has 1 atom stereocenters. The number of amides is 2. The van der Waals surface area contributed by atoms with Crippen molar-refractivity contribution in [3.63, 3.8) is 0 Å². The molecule has 3 N–H and O–H groups in total. The van der Waals surface area contributed by atoms with Gasteiger partial charge in [0.2, 0.25) is 11.8 Å². The predicted octanol–water partition coefficient (Wildman–Crippen LogP) is 2.49. The van der Waals surface area contributed by atoms with Crippen LogP contribution in [0.1, 0.15) is 32.7 Å². The summed E-state index contributed by atoms with van der Waals surface area (Å²) in [6.07, 6.45) is 4.13. The van der Waals surface area contributed by atoms with Gasteiger partial charge in [0.15, 0.2) is 11.0 Å². The average molecular weight is 413 g/mol. The van der Waals surface area contributed by atoms with E-state index in [4.69, 9.17) is 0 Å². The van der Waals surface area contributed by atoms with Gasteiger partial charge in [-0.3, -0.25) is 14.2 Å². The molecule has 1 aromatic carbocycles. The Morgan fingerprint density at radius 3 is 2.86 bits per heavy atom. The van der Waals surface area contributed by atoms with Crippen molar-refractivity contribution < 1.29 is 9.59 Å². The van der Waals surface area contributed by atoms with E-state index in [0.717, 1.165) is 40.3 Å².